The van der Waals surface area contributed by atoms with Gasteiger partial charge in [-0.15, -0.1) is 0 Å². The predicted octanol–water partition coefficient (Wildman–Crippen LogP) is -0.0931. The minimum Gasteiger partial charge on any atom is -0.286 e. The van der Waals surface area contributed by atoms with E-state index in [0.717, 1.165) is 0 Å². The second kappa shape index (κ2) is 3.59. The van der Waals surface area contributed by atoms with E-state index in [1.807, 2.05) is 0 Å². The summed E-state index contributed by atoms with van der Waals surface area (Å²) >= 11 is 0. The van der Waals surface area contributed by atoms with Crippen LogP contribution < -0.4 is 0 Å². The number of rotatable bonds is 3. The summed E-state index contributed by atoms with van der Waals surface area (Å²) in [4.78, 5) is 0. The third-order valence-electron chi connectivity index (χ3n) is 1.24. The van der Waals surface area contributed by atoms with E-state index in [1.54, 1.807) is 12.1 Å². The van der Waals surface area contributed by atoms with Crippen LogP contribution in [0.3, 0.4) is 0 Å². The lowest BCUT2D eigenvalue weighted by molar-refractivity contribution is 0.482. The van der Waals surface area contributed by atoms with Gasteiger partial charge in [-0.2, -0.15) is 18.6 Å². The molecule has 1 N–H and O–H groups in total. The quantitative estimate of drug-likeness (QED) is 0.670. The van der Waals surface area contributed by atoms with Crippen LogP contribution in [0.25, 0.3) is 0 Å². The highest BCUT2D eigenvalue weighted by molar-refractivity contribution is 7.85. The van der Waals surface area contributed by atoms with Crippen molar-refractivity contribution in [2.24, 2.45) is 0 Å². The second-order valence-corrected chi connectivity index (χ2v) is 3.82. The summed E-state index contributed by atoms with van der Waals surface area (Å²) in [5, 5.41) is 7.22. The summed E-state index contributed by atoms with van der Waals surface area (Å²) in [6.45, 7) is 0. The molecule has 12 heavy (non-hydrogen) atoms. The Morgan fingerprint density at radius 1 is 1.50 bits per heavy atom. The van der Waals surface area contributed by atoms with Crippen molar-refractivity contribution in [2.75, 3.05) is 5.75 Å². The maximum Gasteiger partial charge on any atom is 0.265 e. The highest BCUT2D eigenvalue weighted by atomic mass is 32.2. The van der Waals surface area contributed by atoms with Crippen LogP contribution in [0, 0.1) is 0 Å². The van der Waals surface area contributed by atoms with Crippen LogP contribution in [0.5, 0.6) is 0 Å². The average molecular weight is 188 g/mol. The van der Waals surface area contributed by atoms with E-state index >= 15 is 0 Å². The smallest absolute Gasteiger partial charge is 0.265 e. The predicted molar refractivity (Wildman–Crippen MR) is 42.2 cm³/mol. The lowest BCUT2D eigenvalue weighted by Crippen LogP contribution is -2.07. The highest BCUT2D eigenvalue weighted by Gasteiger charge is 2.04. The molecule has 1 aromatic heterocycles. The monoisotopic (exact) mass is 188 g/mol. The fourth-order valence-electron chi connectivity index (χ4n) is 0.700. The molecule has 0 bridgehead atoms. The van der Waals surface area contributed by atoms with Gasteiger partial charge in [0.2, 0.25) is 0 Å². The van der Waals surface area contributed by atoms with E-state index in [0.29, 0.717) is 5.69 Å². The molecule has 0 fully saturated rings. The van der Waals surface area contributed by atoms with Gasteiger partial charge in [-0.25, -0.2) is 0 Å². The van der Waals surface area contributed by atoms with Gasteiger partial charge in [-0.1, -0.05) is 0 Å². The Kier molecular flexibility index (Phi) is 2.72. The number of hydrogen-bond acceptors (Lipinski definition) is 4. The lowest BCUT2D eigenvalue weighted by atomic mass is 10.3. The van der Waals surface area contributed by atoms with Gasteiger partial charge < -0.3 is 0 Å². The number of nitrogens with zero attached hydrogens (tertiary/aromatic N) is 2. The second-order valence-electron chi connectivity index (χ2n) is 2.25. The SMILES string of the molecule is O=S(=O)(O)CCc1cccnn1. The topological polar surface area (TPSA) is 80.2 Å². The molecular weight excluding hydrogens is 180 g/mol. The normalized spacial score (nSPS) is 11.4. The molecule has 66 valence electrons. The van der Waals surface area contributed by atoms with Crippen molar-refractivity contribution < 1.29 is 13.0 Å². The summed E-state index contributed by atoms with van der Waals surface area (Å²) < 4.78 is 29.0. The number of hydrogen-bond donors (Lipinski definition) is 1. The van der Waals surface area contributed by atoms with Crippen molar-refractivity contribution in [3.63, 3.8) is 0 Å². The Hall–Kier alpha value is -1.01. The van der Waals surface area contributed by atoms with Crippen LogP contribution in [-0.2, 0) is 16.5 Å². The van der Waals surface area contributed by atoms with Gasteiger partial charge >= 0.3 is 0 Å². The maximum absolute atomic E-state index is 10.3. The summed E-state index contributed by atoms with van der Waals surface area (Å²) in [6.07, 6.45) is 1.68. The van der Waals surface area contributed by atoms with E-state index in [2.05, 4.69) is 10.2 Å². The van der Waals surface area contributed by atoms with Crippen molar-refractivity contribution >= 4 is 10.1 Å². The molecule has 1 aromatic rings. The van der Waals surface area contributed by atoms with Gasteiger partial charge in [0.05, 0.1) is 11.4 Å². The standard InChI is InChI=1S/C6H8N2O3S/c9-12(10,11)5-3-6-2-1-4-7-8-6/h1-2,4H,3,5H2,(H,9,10,11). The van der Waals surface area contributed by atoms with Crippen LogP contribution in [0.1, 0.15) is 5.69 Å². The number of aromatic nitrogens is 2. The molecule has 6 heteroatoms. The Morgan fingerprint density at radius 2 is 2.25 bits per heavy atom. The van der Waals surface area contributed by atoms with Crippen LogP contribution in [0.2, 0.25) is 0 Å². The molecule has 0 atom stereocenters. The van der Waals surface area contributed by atoms with Crippen LogP contribution in [-0.4, -0.2) is 28.9 Å². The Labute approximate surface area is 70.2 Å². The minimum absolute atomic E-state index is 0.187. The molecule has 0 amide bonds. The zero-order valence-electron chi connectivity index (χ0n) is 6.21. The van der Waals surface area contributed by atoms with Crippen molar-refractivity contribution in [3.8, 4) is 0 Å². The molecule has 0 unspecified atom stereocenters. The zero-order chi connectivity index (χ0) is 9.03. The highest BCUT2D eigenvalue weighted by Crippen LogP contribution is 1.94. The third-order valence-corrected chi connectivity index (χ3v) is 1.96. The van der Waals surface area contributed by atoms with Gasteiger partial charge in [0, 0.05) is 12.6 Å². The fourth-order valence-corrected chi connectivity index (χ4v) is 1.17. The molecule has 0 saturated carbocycles. The van der Waals surface area contributed by atoms with E-state index in [-0.39, 0.29) is 12.2 Å². The zero-order valence-corrected chi connectivity index (χ0v) is 7.03. The van der Waals surface area contributed by atoms with Gasteiger partial charge in [0.15, 0.2) is 0 Å². The summed E-state index contributed by atoms with van der Waals surface area (Å²) in [5.74, 6) is -0.314. The van der Waals surface area contributed by atoms with E-state index in [4.69, 9.17) is 4.55 Å². The first-order chi connectivity index (χ1) is 5.58. The molecular formula is C6H8N2O3S. The molecule has 0 radical (unpaired) electrons. The number of aryl methyl sites for hydroxylation is 1. The summed E-state index contributed by atoms with van der Waals surface area (Å²) in [5.41, 5.74) is 0.551. The Bertz CT molecular complexity index is 335. The van der Waals surface area contributed by atoms with Gasteiger partial charge in [-0.05, 0) is 12.1 Å². The van der Waals surface area contributed by atoms with Crippen molar-refractivity contribution in [2.45, 2.75) is 6.42 Å². The largest absolute Gasteiger partial charge is 0.286 e. The molecule has 0 aliphatic heterocycles. The van der Waals surface area contributed by atoms with Crippen molar-refractivity contribution in [1.82, 2.24) is 10.2 Å². The molecule has 0 saturated heterocycles. The molecule has 0 aliphatic rings. The molecule has 0 aliphatic carbocycles. The van der Waals surface area contributed by atoms with Gasteiger partial charge in [0.25, 0.3) is 10.1 Å². The van der Waals surface area contributed by atoms with Gasteiger partial charge in [-0.3, -0.25) is 4.55 Å². The van der Waals surface area contributed by atoms with Crippen LogP contribution >= 0.6 is 0 Å². The summed E-state index contributed by atoms with van der Waals surface area (Å²) in [6, 6.07) is 3.31. The molecule has 0 spiro atoms. The van der Waals surface area contributed by atoms with E-state index in [9.17, 15) is 8.42 Å². The average Bonchev–Trinajstić information content (AvgIpc) is 2.02. The maximum atomic E-state index is 10.3. The Morgan fingerprint density at radius 3 is 2.75 bits per heavy atom. The first-order valence-corrected chi connectivity index (χ1v) is 4.90. The molecule has 5 nitrogen and oxygen atoms in total. The molecule has 0 aromatic carbocycles. The minimum atomic E-state index is -3.89. The van der Waals surface area contributed by atoms with Gasteiger partial charge in [0.1, 0.15) is 0 Å². The molecule has 1 rings (SSSR count). The van der Waals surface area contributed by atoms with E-state index < -0.39 is 10.1 Å². The van der Waals surface area contributed by atoms with E-state index in [1.165, 1.54) is 6.20 Å². The van der Waals surface area contributed by atoms with Crippen molar-refractivity contribution in [1.29, 1.82) is 0 Å². The Balaban J connectivity index is 2.56. The lowest BCUT2D eigenvalue weighted by Gasteiger charge is -1.95. The fraction of sp³-hybridized carbons (Fsp3) is 0.333. The first kappa shape index (κ1) is 9.08. The van der Waals surface area contributed by atoms with Crippen LogP contribution in [0.4, 0.5) is 0 Å². The third kappa shape index (κ3) is 3.40. The van der Waals surface area contributed by atoms with Crippen molar-refractivity contribution in [3.05, 3.63) is 24.0 Å². The van der Waals surface area contributed by atoms with Crippen LogP contribution in [0.15, 0.2) is 18.3 Å². The first-order valence-electron chi connectivity index (χ1n) is 3.30. The summed E-state index contributed by atoms with van der Waals surface area (Å²) in [7, 11) is -3.89. The molecule has 1 heterocycles.